The van der Waals surface area contributed by atoms with Crippen molar-refractivity contribution in [1.29, 1.82) is 0 Å². The molecule has 1 aromatic rings. The number of nitrogens with one attached hydrogen (secondary N) is 1. The molecule has 0 spiro atoms. The maximum absolute atomic E-state index is 11.6. The zero-order chi connectivity index (χ0) is 12.7. The molecule has 0 saturated heterocycles. The first-order valence-electron chi connectivity index (χ1n) is 5.19. The number of benzene rings is 1. The smallest absolute Gasteiger partial charge is 0.351 e. The zero-order valence-corrected chi connectivity index (χ0v) is 9.39. The quantitative estimate of drug-likeness (QED) is 0.645. The maximum atomic E-state index is 11.6. The third-order valence-electron chi connectivity index (χ3n) is 2.62. The molecule has 0 radical (unpaired) electrons. The van der Waals surface area contributed by atoms with Gasteiger partial charge in [0, 0.05) is 5.39 Å². The minimum Gasteiger partial charge on any atom is -0.497 e. The van der Waals surface area contributed by atoms with E-state index in [-0.39, 0.29) is 11.5 Å². The number of ether oxygens (including phenoxy) is 1. The number of rotatable bonds is 1. The normalized spacial score (nSPS) is 10.9. The SMILES string of the molecule is COc1ccc2oc3nc(=O)[nH]c(=O)c-3cc2c1. The Morgan fingerprint density at radius 3 is 2.89 bits per heavy atom. The van der Waals surface area contributed by atoms with E-state index < -0.39 is 11.2 Å². The van der Waals surface area contributed by atoms with Gasteiger partial charge in [0.15, 0.2) is 0 Å². The standard InChI is InChI=1S/C12H8N2O4/c1-17-7-2-3-9-6(4-7)5-8-10(15)13-12(16)14-11(8)18-9/h2-5H,1H3,(H,13,15,16). The van der Waals surface area contributed by atoms with Gasteiger partial charge < -0.3 is 9.15 Å². The molecule has 0 amide bonds. The van der Waals surface area contributed by atoms with E-state index in [9.17, 15) is 9.59 Å². The number of H-pyrrole nitrogens is 1. The highest BCUT2D eigenvalue weighted by Crippen LogP contribution is 2.26. The predicted octanol–water partition coefficient (Wildman–Crippen LogP) is 0.990. The van der Waals surface area contributed by atoms with Crippen LogP contribution in [0.25, 0.3) is 22.4 Å². The Morgan fingerprint density at radius 1 is 1.28 bits per heavy atom. The van der Waals surface area contributed by atoms with Gasteiger partial charge in [-0.15, -0.1) is 0 Å². The van der Waals surface area contributed by atoms with Crippen LogP contribution in [0, 0.1) is 0 Å². The topological polar surface area (TPSA) is 85.2 Å². The molecule has 18 heavy (non-hydrogen) atoms. The summed E-state index contributed by atoms with van der Waals surface area (Å²) in [6.45, 7) is 0. The zero-order valence-electron chi connectivity index (χ0n) is 9.39. The highest BCUT2D eigenvalue weighted by molar-refractivity contribution is 5.82. The van der Waals surface area contributed by atoms with Gasteiger partial charge in [-0.2, -0.15) is 4.98 Å². The third kappa shape index (κ3) is 1.55. The molecule has 90 valence electrons. The monoisotopic (exact) mass is 244 g/mol. The van der Waals surface area contributed by atoms with E-state index in [4.69, 9.17) is 9.15 Å². The van der Waals surface area contributed by atoms with E-state index in [1.54, 1.807) is 31.4 Å². The molecule has 1 N–H and O–H groups in total. The fourth-order valence-corrected chi connectivity index (χ4v) is 1.77. The summed E-state index contributed by atoms with van der Waals surface area (Å²) in [6.07, 6.45) is 0. The fraction of sp³-hybridized carbons (Fsp3) is 0.0833. The van der Waals surface area contributed by atoms with Gasteiger partial charge in [-0.25, -0.2) is 4.79 Å². The number of aromatic amines is 1. The van der Waals surface area contributed by atoms with Gasteiger partial charge in [0.1, 0.15) is 16.9 Å². The van der Waals surface area contributed by atoms with Gasteiger partial charge in [0.05, 0.1) is 7.11 Å². The summed E-state index contributed by atoms with van der Waals surface area (Å²) in [5, 5.41) is 0.702. The minimum atomic E-state index is -0.718. The second-order valence-electron chi connectivity index (χ2n) is 3.74. The molecule has 0 aromatic heterocycles. The highest BCUT2D eigenvalue weighted by Gasteiger charge is 2.13. The second-order valence-corrected chi connectivity index (χ2v) is 3.74. The van der Waals surface area contributed by atoms with E-state index in [1.165, 1.54) is 0 Å². The van der Waals surface area contributed by atoms with Crippen molar-refractivity contribution in [2.24, 2.45) is 0 Å². The lowest BCUT2D eigenvalue weighted by atomic mass is 10.1. The predicted molar refractivity (Wildman–Crippen MR) is 64.1 cm³/mol. The molecular formula is C12H8N2O4. The molecule has 2 aliphatic heterocycles. The van der Waals surface area contributed by atoms with Crippen molar-refractivity contribution >= 4 is 11.0 Å². The molecule has 0 saturated carbocycles. The first kappa shape index (κ1) is 10.5. The van der Waals surface area contributed by atoms with Crippen LogP contribution < -0.4 is 16.0 Å². The van der Waals surface area contributed by atoms with Crippen LogP contribution in [0.3, 0.4) is 0 Å². The maximum Gasteiger partial charge on any atom is 0.351 e. The number of fused-ring (bicyclic) bond motifs is 2. The lowest BCUT2D eigenvalue weighted by molar-refractivity contribution is 0.415. The Hall–Kier alpha value is -2.63. The van der Waals surface area contributed by atoms with E-state index in [1.807, 2.05) is 0 Å². The molecule has 6 nitrogen and oxygen atoms in total. The van der Waals surface area contributed by atoms with Gasteiger partial charge >= 0.3 is 5.69 Å². The summed E-state index contributed by atoms with van der Waals surface area (Å²) < 4.78 is 10.5. The summed E-state index contributed by atoms with van der Waals surface area (Å²) >= 11 is 0. The summed E-state index contributed by atoms with van der Waals surface area (Å²) in [4.78, 5) is 28.4. The number of aromatic nitrogens is 2. The first-order chi connectivity index (χ1) is 8.67. The molecular weight excluding hydrogens is 236 g/mol. The number of hydrogen-bond acceptors (Lipinski definition) is 5. The van der Waals surface area contributed by atoms with Crippen molar-refractivity contribution in [3.05, 3.63) is 45.1 Å². The van der Waals surface area contributed by atoms with Gasteiger partial charge in [0.25, 0.3) is 5.56 Å². The summed E-state index contributed by atoms with van der Waals surface area (Å²) in [5.74, 6) is 0.684. The van der Waals surface area contributed by atoms with Crippen molar-refractivity contribution in [2.45, 2.75) is 0 Å². The van der Waals surface area contributed by atoms with Crippen LogP contribution in [0.5, 0.6) is 5.75 Å². The van der Waals surface area contributed by atoms with E-state index >= 15 is 0 Å². The Kier molecular flexibility index (Phi) is 2.16. The fourth-order valence-electron chi connectivity index (χ4n) is 1.77. The van der Waals surface area contributed by atoms with Crippen LogP contribution in [0.4, 0.5) is 0 Å². The Bertz CT molecular complexity index is 818. The Labute approximate surface area is 100 Å². The molecule has 2 aliphatic rings. The van der Waals surface area contributed by atoms with Crippen LogP contribution in [-0.2, 0) is 0 Å². The highest BCUT2D eigenvalue weighted by atomic mass is 16.5. The molecule has 6 heteroatoms. The van der Waals surface area contributed by atoms with Crippen LogP contribution in [-0.4, -0.2) is 17.1 Å². The van der Waals surface area contributed by atoms with Crippen LogP contribution in [0.2, 0.25) is 0 Å². The number of hydrogen-bond donors (Lipinski definition) is 1. The van der Waals surface area contributed by atoms with Crippen LogP contribution >= 0.6 is 0 Å². The largest absolute Gasteiger partial charge is 0.497 e. The molecule has 0 fully saturated rings. The molecule has 0 aliphatic carbocycles. The molecule has 1 aromatic carbocycles. The number of methoxy groups -OCH3 is 1. The Balaban J connectivity index is 2.44. The second kappa shape index (κ2) is 3.69. The van der Waals surface area contributed by atoms with E-state index in [0.717, 1.165) is 0 Å². The van der Waals surface area contributed by atoms with Crippen molar-refractivity contribution in [2.75, 3.05) is 7.11 Å². The van der Waals surface area contributed by atoms with Crippen LogP contribution in [0.1, 0.15) is 0 Å². The van der Waals surface area contributed by atoms with Crippen molar-refractivity contribution in [1.82, 2.24) is 9.97 Å². The molecule has 2 heterocycles. The van der Waals surface area contributed by atoms with Gasteiger partial charge in [-0.05, 0) is 24.3 Å². The average molecular weight is 244 g/mol. The van der Waals surface area contributed by atoms with Gasteiger partial charge in [-0.1, -0.05) is 0 Å². The summed E-state index contributed by atoms with van der Waals surface area (Å²) in [5.41, 5.74) is -0.473. The van der Waals surface area contributed by atoms with E-state index in [0.29, 0.717) is 16.7 Å². The van der Waals surface area contributed by atoms with Crippen molar-refractivity contribution in [3.63, 3.8) is 0 Å². The number of nitrogens with zero attached hydrogens (tertiary/aromatic N) is 1. The summed E-state index contributed by atoms with van der Waals surface area (Å²) in [6, 6.07) is 6.77. The van der Waals surface area contributed by atoms with Gasteiger partial charge in [0.2, 0.25) is 5.89 Å². The first-order valence-corrected chi connectivity index (χ1v) is 5.19. The molecule has 0 unspecified atom stereocenters. The average Bonchev–Trinajstić information content (AvgIpc) is 2.36. The van der Waals surface area contributed by atoms with Crippen molar-refractivity contribution < 1.29 is 9.15 Å². The lowest BCUT2D eigenvalue weighted by Crippen LogP contribution is -2.24. The molecule has 0 atom stereocenters. The molecule has 0 bridgehead atoms. The van der Waals surface area contributed by atoms with Crippen LogP contribution in [0.15, 0.2) is 38.3 Å². The third-order valence-corrected chi connectivity index (χ3v) is 2.62. The van der Waals surface area contributed by atoms with Crippen molar-refractivity contribution in [3.8, 4) is 17.2 Å². The lowest BCUT2D eigenvalue weighted by Gasteiger charge is -2.05. The summed E-state index contributed by atoms with van der Waals surface area (Å²) in [7, 11) is 1.55. The molecule has 3 rings (SSSR count). The minimum absolute atomic E-state index is 0.0291. The Morgan fingerprint density at radius 2 is 2.11 bits per heavy atom. The van der Waals surface area contributed by atoms with E-state index in [2.05, 4.69) is 9.97 Å². The van der Waals surface area contributed by atoms with Gasteiger partial charge in [-0.3, -0.25) is 9.78 Å².